The van der Waals surface area contributed by atoms with E-state index in [0.29, 0.717) is 22.8 Å². The van der Waals surface area contributed by atoms with E-state index >= 15 is 0 Å². The Morgan fingerprint density at radius 2 is 2.14 bits per heavy atom. The molecule has 0 bridgehead atoms. The zero-order valence-electron chi connectivity index (χ0n) is 11.8. The van der Waals surface area contributed by atoms with Crippen molar-refractivity contribution in [1.29, 1.82) is 0 Å². The first-order valence-corrected chi connectivity index (χ1v) is 7.90. The minimum atomic E-state index is -0.912. The summed E-state index contributed by atoms with van der Waals surface area (Å²) in [5.74, 6) is -1.50. The molecule has 21 heavy (non-hydrogen) atoms. The Hall–Kier alpha value is -1.02. The number of nitrogens with one attached hydrogen (secondary N) is 1. The summed E-state index contributed by atoms with van der Waals surface area (Å²) in [6, 6.07) is 3.19. The highest BCUT2D eigenvalue weighted by atomic mass is 127. The minimum Gasteiger partial charge on any atom is -0.496 e. The number of ether oxygens (including phenoxy) is 1. The van der Waals surface area contributed by atoms with Crippen LogP contribution in [0.2, 0.25) is 5.02 Å². The number of hydrogen-bond acceptors (Lipinski definition) is 3. The number of methoxy groups -OCH3 is 1. The molecule has 1 unspecified atom stereocenters. The molecule has 0 fully saturated rings. The van der Waals surface area contributed by atoms with Gasteiger partial charge in [0.25, 0.3) is 5.91 Å². The fourth-order valence-electron chi connectivity index (χ4n) is 1.85. The molecular weight excluding hydrogens is 409 g/mol. The predicted molar refractivity (Wildman–Crippen MR) is 89.1 cm³/mol. The van der Waals surface area contributed by atoms with Gasteiger partial charge in [0.2, 0.25) is 0 Å². The third-order valence-electron chi connectivity index (χ3n) is 2.98. The van der Waals surface area contributed by atoms with Crippen molar-refractivity contribution < 1.29 is 19.4 Å². The van der Waals surface area contributed by atoms with Crippen LogP contribution in [0.25, 0.3) is 0 Å². The van der Waals surface area contributed by atoms with Gasteiger partial charge in [-0.25, -0.2) is 0 Å². The van der Waals surface area contributed by atoms with Crippen molar-refractivity contribution in [3.8, 4) is 5.75 Å². The maximum atomic E-state index is 12.2. The van der Waals surface area contributed by atoms with Gasteiger partial charge in [0, 0.05) is 10.1 Å². The van der Waals surface area contributed by atoms with Crippen LogP contribution in [0.3, 0.4) is 0 Å². The third-order valence-corrected chi connectivity index (χ3v) is 4.51. The van der Waals surface area contributed by atoms with Crippen LogP contribution in [0.15, 0.2) is 12.1 Å². The Morgan fingerprint density at radius 1 is 1.48 bits per heavy atom. The smallest absolute Gasteiger partial charge is 0.308 e. The van der Waals surface area contributed by atoms with Crippen LogP contribution < -0.4 is 10.1 Å². The molecule has 1 aromatic rings. The summed E-state index contributed by atoms with van der Waals surface area (Å²) < 4.78 is 5.94. The second-order valence-electron chi connectivity index (χ2n) is 4.50. The zero-order valence-corrected chi connectivity index (χ0v) is 14.7. The highest BCUT2D eigenvalue weighted by molar-refractivity contribution is 14.1. The third kappa shape index (κ3) is 5.03. The molecule has 0 radical (unpaired) electrons. The van der Waals surface area contributed by atoms with Crippen LogP contribution in [-0.4, -0.2) is 30.6 Å². The van der Waals surface area contributed by atoms with Gasteiger partial charge in [0.05, 0.1) is 23.6 Å². The molecule has 0 aliphatic rings. The van der Waals surface area contributed by atoms with Crippen LogP contribution in [-0.2, 0) is 4.79 Å². The van der Waals surface area contributed by atoms with Crippen molar-refractivity contribution in [2.75, 3.05) is 13.7 Å². The normalized spacial score (nSPS) is 11.8. The summed E-state index contributed by atoms with van der Waals surface area (Å²) in [6.45, 7) is 1.98. The second kappa shape index (κ2) is 8.43. The van der Waals surface area contributed by atoms with Gasteiger partial charge >= 0.3 is 5.97 Å². The first kappa shape index (κ1) is 18.0. The van der Waals surface area contributed by atoms with E-state index in [4.69, 9.17) is 21.4 Å². The standard InChI is InChI=1S/C14H17ClINO4/c1-3-4-8(14(19)20)7-17-13(18)9-5-10(15)11(16)6-12(9)21-2/h5-6,8H,3-4,7H2,1-2H3,(H,17,18)(H,19,20). The summed E-state index contributed by atoms with van der Waals surface area (Å²) in [7, 11) is 1.47. The molecule has 0 aliphatic carbocycles. The summed E-state index contributed by atoms with van der Waals surface area (Å²) in [6.07, 6.45) is 1.26. The fraction of sp³-hybridized carbons (Fsp3) is 0.429. The number of rotatable bonds is 7. The number of hydrogen-bond donors (Lipinski definition) is 2. The van der Waals surface area contributed by atoms with E-state index in [9.17, 15) is 9.59 Å². The maximum absolute atomic E-state index is 12.2. The van der Waals surface area contributed by atoms with Crippen molar-refractivity contribution >= 4 is 46.1 Å². The molecule has 1 rings (SSSR count). The van der Waals surface area contributed by atoms with Gasteiger partial charge in [0.1, 0.15) is 5.75 Å². The molecular formula is C14H17ClINO4. The monoisotopic (exact) mass is 425 g/mol. The Bertz CT molecular complexity index is 536. The molecule has 5 nitrogen and oxygen atoms in total. The number of carbonyl (C=O) groups is 2. The average molecular weight is 426 g/mol. The first-order chi connectivity index (χ1) is 9.90. The molecule has 0 heterocycles. The average Bonchev–Trinajstić information content (AvgIpc) is 2.45. The Balaban J connectivity index is 2.84. The molecule has 0 aromatic heterocycles. The van der Waals surface area contributed by atoms with Gasteiger partial charge in [-0.1, -0.05) is 24.9 Å². The SMILES string of the molecule is CCCC(CNC(=O)c1cc(Cl)c(I)cc1OC)C(=O)O. The second-order valence-corrected chi connectivity index (χ2v) is 6.07. The van der Waals surface area contributed by atoms with Crippen LogP contribution in [0.4, 0.5) is 0 Å². The Morgan fingerprint density at radius 3 is 2.67 bits per heavy atom. The highest BCUT2D eigenvalue weighted by Gasteiger charge is 2.20. The van der Waals surface area contributed by atoms with E-state index < -0.39 is 17.8 Å². The number of aliphatic carboxylic acids is 1. The highest BCUT2D eigenvalue weighted by Crippen LogP contribution is 2.28. The number of halogens is 2. The Kier molecular flexibility index (Phi) is 7.24. The molecule has 0 saturated carbocycles. The fourth-order valence-corrected chi connectivity index (χ4v) is 2.45. The molecule has 116 valence electrons. The summed E-state index contributed by atoms with van der Waals surface area (Å²) in [5, 5.41) is 12.1. The summed E-state index contributed by atoms with van der Waals surface area (Å²) >= 11 is 8.06. The van der Waals surface area contributed by atoms with Crippen molar-refractivity contribution in [1.82, 2.24) is 5.32 Å². The van der Waals surface area contributed by atoms with Gasteiger partial charge in [-0.2, -0.15) is 0 Å². The lowest BCUT2D eigenvalue weighted by Crippen LogP contribution is -2.33. The van der Waals surface area contributed by atoms with E-state index in [1.165, 1.54) is 13.2 Å². The van der Waals surface area contributed by atoms with Crippen LogP contribution in [0, 0.1) is 9.49 Å². The molecule has 1 aromatic carbocycles. The molecule has 1 amide bonds. The minimum absolute atomic E-state index is 0.0781. The zero-order chi connectivity index (χ0) is 16.0. The molecule has 0 spiro atoms. The summed E-state index contributed by atoms with van der Waals surface area (Å²) in [5.41, 5.74) is 0.295. The Labute approximate surface area is 142 Å². The van der Waals surface area contributed by atoms with Crippen LogP contribution in [0.5, 0.6) is 5.75 Å². The van der Waals surface area contributed by atoms with Crippen LogP contribution in [0.1, 0.15) is 30.1 Å². The quantitative estimate of drug-likeness (QED) is 0.658. The van der Waals surface area contributed by atoms with Crippen LogP contribution >= 0.6 is 34.2 Å². The first-order valence-electron chi connectivity index (χ1n) is 6.44. The molecule has 0 aliphatic heterocycles. The number of carbonyl (C=O) groups excluding carboxylic acids is 1. The van der Waals surface area contributed by atoms with E-state index in [-0.39, 0.29) is 6.54 Å². The van der Waals surface area contributed by atoms with Gasteiger partial charge in [-0.05, 0) is 41.1 Å². The predicted octanol–water partition coefficient (Wildman–Crippen LogP) is 3.18. The topological polar surface area (TPSA) is 75.6 Å². The lowest BCUT2D eigenvalue weighted by Gasteiger charge is -2.14. The van der Waals surface area contributed by atoms with Gasteiger partial charge in [-0.3, -0.25) is 9.59 Å². The van der Waals surface area contributed by atoms with E-state index in [1.807, 2.05) is 29.5 Å². The summed E-state index contributed by atoms with van der Waals surface area (Å²) in [4.78, 5) is 23.2. The van der Waals surface area contributed by atoms with Crippen molar-refractivity contribution in [3.63, 3.8) is 0 Å². The van der Waals surface area contributed by atoms with Crippen molar-refractivity contribution in [2.45, 2.75) is 19.8 Å². The number of carboxylic acids is 1. The molecule has 1 atom stereocenters. The van der Waals surface area contributed by atoms with Crippen molar-refractivity contribution in [3.05, 3.63) is 26.3 Å². The van der Waals surface area contributed by atoms with E-state index in [0.717, 1.165) is 9.99 Å². The van der Waals surface area contributed by atoms with E-state index in [1.54, 1.807) is 6.07 Å². The number of benzene rings is 1. The van der Waals surface area contributed by atoms with Crippen molar-refractivity contribution in [2.24, 2.45) is 5.92 Å². The largest absolute Gasteiger partial charge is 0.496 e. The van der Waals surface area contributed by atoms with E-state index in [2.05, 4.69) is 5.32 Å². The molecule has 2 N–H and O–H groups in total. The number of carboxylic acid groups (broad SMARTS) is 1. The van der Waals surface area contributed by atoms with Gasteiger partial charge in [-0.15, -0.1) is 0 Å². The van der Waals surface area contributed by atoms with Gasteiger partial charge < -0.3 is 15.2 Å². The number of amides is 1. The molecule has 0 saturated heterocycles. The molecule has 7 heteroatoms. The lowest BCUT2D eigenvalue weighted by molar-refractivity contribution is -0.141. The van der Waals surface area contributed by atoms with Gasteiger partial charge in [0.15, 0.2) is 0 Å². The lowest BCUT2D eigenvalue weighted by atomic mass is 10.0. The maximum Gasteiger partial charge on any atom is 0.308 e.